The second kappa shape index (κ2) is 6.98. The van der Waals surface area contributed by atoms with Gasteiger partial charge in [-0.15, -0.1) is 0 Å². The van der Waals surface area contributed by atoms with Crippen molar-refractivity contribution in [1.29, 1.82) is 0 Å². The Bertz CT molecular complexity index is 239. The van der Waals surface area contributed by atoms with E-state index < -0.39 is 8.07 Å². The summed E-state index contributed by atoms with van der Waals surface area (Å²) >= 11 is 0. The lowest BCUT2D eigenvalue weighted by molar-refractivity contribution is 0.651. The van der Waals surface area contributed by atoms with E-state index in [2.05, 4.69) is 6.92 Å². The Hall–Kier alpha value is 0.217. The molecular formula is C19H36Si. The number of hydrogen-bond acceptors (Lipinski definition) is 0. The van der Waals surface area contributed by atoms with Gasteiger partial charge in [-0.1, -0.05) is 103 Å². The van der Waals surface area contributed by atoms with Crippen LogP contribution < -0.4 is 0 Å². The van der Waals surface area contributed by atoms with Crippen molar-refractivity contribution in [2.45, 2.75) is 119 Å². The zero-order valence-corrected chi connectivity index (χ0v) is 14.8. The lowest BCUT2D eigenvalue weighted by Gasteiger charge is -2.47. The summed E-state index contributed by atoms with van der Waals surface area (Å²) in [6.07, 6.45) is 22.3. The Labute approximate surface area is 128 Å². The molecule has 3 aliphatic carbocycles. The Kier molecular flexibility index (Phi) is 5.28. The molecule has 0 aliphatic heterocycles. The Morgan fingerprint density at radius 2 is 1.00 bits per heavy atom. The van der Waals surface area contributed by atoms with E-state index in [0.717, 1.165) is 0 Å². The van der Waals surface area contributed by atoms with Gasteiger partial charge in [-0.3, -0.25) is 0 Å². The van der Waals surface area contributed by atoms with Gasteiger partial charge >= 0.3 is 0 Å². The molecule has 20 heavy (non-hydrogen) atoms. The van der Waals surface area contributed by atoms with Gasteiger partial charge in [-0.05, 0) is 16.6 Å². The normalized spacial score (nSPS) is 26.9. The summed E-state index contributed by atoms with van der Waals surface area (Å²) in [5.41, 5.74) is 3.75. The van der Waals surface area contributed by atoms with Crippen LogP contribution in [0.5, 0.6) is 0 Å². The highest BCUT2D eigenvalue weighted by Crippen LogP contribution is 2.60. The molecular weight excluding hydrogens is 256 g/mol. The molecule has 3 fully saturated rings. The van der Waals surface area contributed by atoms with Crippen LogP contribution in [0.15, 0.2) is 0 Å². The molecule has 0 saturated heterocycles. The molecule has 0 aromatic heterocycles. The second-order valence-electron chi connectivity index (χ2n) is 8.16. The maximum absolute atomic E-state index is 2.43. The van der Waals surface area contributed by atoms with Gasteiger partial charge in [0.2, 0.25) is 0 Å². The van der Waals surface area contributed by atoms with Crippen LogP contribution in [0.2, 0.25) is 22.7 Å². The van der Waals surface area contributed by atoms with Crippen molar-refractivity contribution >= 4 is 8.07 Å². The van der Waals surface area contributed by atoms with Gasteiger partial charge in [0.1, 0.15) is 0 Å². The predicted octanol–water partition coefficient (Wildman–Crippen LogP) is 7.07. The summed E-state index contributed by atoms with van der Waals surface area (Å²) in [5, 5.41) is 0. The molecule has 1 heteroatoms. The minimum atomic E-state index is -1.02. The fourth-order valence-electron chi connectivity index (χ4n) is 6.49. The smallest absolute Gasteiger partial charge is 0.0629 e. The highest BCUT2D eigenvalue weighted by atomic mass is 28.3. The van der Waals surface area contributed by atoms with Crippen LogP contribution in [0, 0.1) is 0 Å². The molecule has 0 amide bonds. The van der Waals surface area contributed by atoms with Crippen molar-refractivity contribution in [3.8, 4) is 0 Å². The summed E-state index contributed by atoms with van der Waals surface area (Å²) in [6.45, 7) is 2.43. The summed E-state index contributed by atoms with van der Waals surface area (Å²) in [6, 6.07) is 1.73. The summed E-state index contributed by atoms with van der Waals surface area (Å²) < 4.78 is 0. The van der Waals surface area contributed by atoms with E-state index in [4.69, 9.17) is 0 Å². The molecule has 3 rings (SSSR count). The fraction of sp³-hybridized carbons (Fsp3) is 1.00. The molecule has 0 spiro atoms. The minimum Gasteiger partial charge on any atom is -0.0654 e. The molecule has 116 valence electrons. The van der Waals surface area contributed by atoms with Crippen molar-refractivity contribution < 1.29 is 0 Å². The van der Waals surface area contributed by atoms with E-state index in [0.29, 0.717) is 0 Å². The van der Waals surface area contributed by atoms with Gasteiger partial charge in [0.15, 0.2) is 0 Å². The van der Waals surface area contributed by atoms with Crippen LogP contribution >= 0.6 is 0 Å². The average molecular weight is 293 g/mol. The van der Waals surface area contributed by atoms with E-state index in [1.807, 2.05) is 0 Å². The first-order chi connectivity index (χ1) is 9.88. The average Bonchev–Trinajstić information content (AvgIpc) is 3.23. The number of unbranched alkanes of at least 4 members (excludes halogenated alkanes) is 1. The molecule has 0 aromatic carbocycles. The molecule has 3 aliphatic rings. The maximum atomic E-state index is 2.43. The van der Waals surface area contributed by atoms with Gasteiger partial charge in [0, 0.05) is 0 Å². The molecule has 0 heterocycles. The molecule has 0 N–H and O–H groups in total. The first-order valence-corrected chi connectivity index (χ1v) is 12.3. The van der Waals surface area contributed by atoms with Crippen molar-refractivity contribution in [2.24, 2.45) is 0 Å². The lowest BCUT2D eigenvalue weighted by Crippen LogP contribution is -2.47. The quantitative estimate of drug-likeness (QED) is 0.459. The molecule has 0 unspecified atom stereocenters. The predicted molar refractivity (Wildman–Crippen MR) is 92.1 cm³/mol. The highest BCUT2D eigenvalue weighted by Gasteiger charge is 2.52. The van der Waals surface area contributed by atoms with Crippen LogP contribution in [0.25, 0.3) is 0 Å². The van der Waals surface area contributed by atoms with E-state index in [9.17, 15) is 0 Å². The van der Waals surface area contributed by atoms with Crippen LogP contribution in [-0.4, -0.2) is 8.07 Å². The summed E-state index contributed by atoms with van der Waals surface area (Å²) in [7, 11) is -1.02. The first kappa shape index (κ1) is 15.1. The SMILES string of the molecule is CCCC[Si](C1CCCC1)(C1CCCC1)C1CCCC1. The Morgan fingerprint density at radius 3 is 1.30 bits per heavy atom. The Balaban J connectivity index is 1.87. The van der Waals surface area contributed by atoms with E-state index in [1.54, 1.807) is 89.5 Å². The monoisotopic (exact) mass is 292 g/mol. The number of rotatable bonds is 6. The van der Waals surface area contributed by atoms with Crippen LogP contribution in [0.1, 0.15) is 96.8 Å². The van der Waals surface area contributed by atoms with Crippen molar-refractivity contribution in [3.63, 3.8) is 0 Å². The van der Waals surface area contributed by atoms with Crippen LogP contribution in [0.3, 0.4) is 0 Å². The van der Waals surface area contributed by atoms with Crippen molar-refractivity contribution in [1.82, 2.24) is 0 Å². The molecule has 3 saturated carbocycles. The number of hydrogen-bond donors (Lipinski definition) is 0. The summed E-state index contributed by atoms with van der Waals surface area (Å²) in [4.78, 5) is 0. The van der Waals surface area contributed by atoms with Gasteiger partial charge in [-0.2, -0.15) is 0 Å². The zero-order valence-electron chi connectivity index (χ0n) is 13.8. The molecule has 0 nitrogen and oxygen atoms in total. The molecule has 0 aromatic rings. The minimum absolute atomic E-state index is 1.02. The molecule has 0 bridgehead atoms. The molecule has 0 radical (unpaired) electrons. The molecule has 0 atom stereocenters. The first-order valence-electron chi connectivity index (χ1n) is 9.88. The van der Waals surface area contributed by atoms with Gasteiger partial charge in [0.05, 0.1) is 8.07 Å². The lowest BCUT2D eigenvalue weighted by atomic mass is 10.3. The topological polar surface area (TPSA) is 0 Å². The van der Waals surface area contributed by atoms with E-state index >= 15 is 0 Å². The Morgan fingerprint density at radius 1 is 0.650 bits per heavy atom. The van der Waals surface area contributed by atoms with Crippen molar-refractivity contribution in [2.75, 3.05) is 0 Å². The second-order valence-corrected chi connectivity index (χ2v) is 13.3. The van der Waals surface area contributed by atoms with Gasteiger partial charge in [-0.25, -0.2) is 0 Å². The third-order valence-electron chi connectivity index (χ3n) is 7.31. The van der Waals surface area contributed by atoms with E-state index in [1.165, 1.54) is 23.0 Å². The van der Waals surface area contributed by atoms with Crippen molar-refractivity contribution in [3.05, 3.63) is 0 Å². The summed E-state index contributed by atoms with van der Waals surface area (Å²) in [5.74, 6) is 0. The largest absolute Gasteiger partial charge is 0.0654 e. The third kappa shape index (κ3) is 2.76. The van der Waals surface area contributed by atoms with Gasteiger partial charge < -0.3 is 0 Å². The standard InChI is InChI=1S/C19H36Si/c1-2-3-16-20(17-10-4-5-11-17,18-12-6-7-13-18)19-14-8-9-15-19/h17-19H,2-16H2,1H3. The zero-order chi connectivity index (χ0) is 13.8. The fourth-order valence-corrected chi connectivity index (χ4v) is 15.1. The third-order valence-corrected chi connectivity index (χ3v) is 14.8. The maximum Gasteiger partial charge on any atom is 0.0629 e. The van der Waals surface area contributed by atoms with Gasteiger partial charge in [0.25, 0.3) is 0 Å². The van der Waals surface area contributed by atoms with Crippen LogP contribution in [-0.2, 0) is 0 Å². The highest BCUT2D eigenvalue weighted by molar-refractivity contribution is 6.84. The van der Waals surface area contributed by atoms with Crippen LogP contribution in [0.4, 0.5) is 0 Å². The van der Waals surface area contributed by atoms with E-state index in [-0.39, 0.29) is 0 Å².